The first-order chi connectivity index (χ1) is 37.6. The largest absolute Gasteiger partial charge is 0.0599 e. The van der Waals surface area contributed by atoms with Crippen LogP contribution in [0, 0.1) is 21.7 Å². The molecule has 0 aliphatic carbocycles. The molecule has 8 rings (SSSR count). The normalized spacial score (nSPS) is 12.6. The summed E-state index contributed by atoms with van der Waals surface area (Å²) in [7, 11) is 0. The van der Waals surface area contributed by atoms with Gasteiger partial charge < -0.3 is 0 Å². The second-order valence-electron chi connectivity index (χ2n) is 32.7. The Morgan fingerprint density at radius 2 is 0.366 bits per heavy atom. The molecule has 0 unspecified atom stereocenters. The monoisotopic (exact) mass is 1090 g/mol. The third-order valence-electron chi connectivity index (χ3n) is 14.8. The maximum Gasteiger partial charge on any atom is -0.0132 e. The minimum Gasteiger partial charge on any atom is -0.0599 e. The van der Waals surface area contributed by atoms with Crippen molar-refractivity contribution in [2.45, 2.75) is 214 Å². The number of fused-ring (bicyclic) bond motifs is 1. The van der Waals surface area contributed by atoms with Gasteiger partial charge in [-0.1, -0.05) is 348 Å². The highest BCUT2D eigenvalue weighted by atomic mass is 14.2. The molecule has 0 atom stereocenters. The summed E-state index contributed by atoms with van der Waals surface area (Å²) in [6, 6.07) is 67.7. The Morgan fingerprint density at radius 3 is 0.634 bits per heavy atom. The van der Waals surface area contributed by atoms with Crippen LogP contribution in [0.3, 0.4) is 0 Å². The summed E-state index contributed by atoms with van der Waals surface area (Å²) in [5.74, 6) is 0. The standard InChI is InChI=1S/C27H32.C21H28.C19H26.C15H24/c1-26(2,3)19-20-7-9-21(10-8-20)22-11-13-23(14-12-22)24-15-17-25(18-16-24)27(4,5)6;1-20(2,3)15-16-7-9-17(10-8-16)18-11-13-19(14-12-18)21(4,5)6;1-18(2,3)13-14-7-8-16-12-17(19(4,5)6)10-9-15(16)11-14;1-14(2,3)11-12-7-9-13(10-8-12)15(4,5)6/h7-18H,19H2,1-6H3;7-14H,15H2,1-6H3;7-12H,13H2,1-6H3;7-10H,11H2,1-6H3. The van der Waals surface area contributed by atoms with Crippen molar-refractivity contribution in [2.75, 3.05) is 0 Å². The predicted molar refractivity (Wildman–Crippen MR) is 367 cm³/mol. The van der Waals surface area contributed by atoms with Crippen molar-refractivity contribution < 1.29 is 0 Å². The molecule has 0 N–H and O–H groups in total. The van der Waals surface area contributed by atoms with Gasteiger partial charge in [-0.15, -0.1) is 0 Å². The van der Waals surface area contributed by atoms with Gasteiger partial charge in [-0.05, 0) is 158 Å². The van der Waals surface area contributed by atoms with Crippen LogP contribution in [0.15, 0.2) is 182 Å². The molecule has 0 heterocycles. The molecule has 8 aromatic carbocycles. The minimum absolute atomic E-state index is 0.196. The van der Waals surface area contributed by atoms with Crippen LogP contribution >= 0.6 is 0 Å². The summed E-state index contributed by atoms with van der Waals surface area (Å²) in [5, 5.41) is 2.71. The molecule has 0 fully saturated rings. The number of rotatable bonds is 7. The first-order valence-corrected chi connectivity index (χ1v) is 30.7. The molecule has 0 spiro atoms. The first-order valence-electron chi connectivity index (χ1n) is 30.7. The minimum atomic E-state index is 0.196. The molecule has 0 saturated heterocycles. The molecule has 0 radical (unpaired) electrons. The van der Waals surface area contributed by atoms with E-state index in [9.17, 15) is 0 Å². The van der Waals surface area contributed by atoms with Crippen molar-refractivity contribution in [1.82, 2.24) is 0 Å². The van der Waals surface area contributed by atoms with Crippen LogP contribution in [0.4, 0.5) is 0 Å². The predicted octanol–water partition coefficient (Wildman–Crippen LogP) is 24.4. The topological polar surface area (TPSA) is 0 Å². The molecule has 0 aromatic heterocycles. The second kappa shape index (κ2) is 26.7. The summed E-state index contributed by atoms with van der Waals surface area (Å²) < 4.78 is 0. The maximum atomic E-state index is 2.34. The van der Waals surface area contributed by atoms with Gasteiger partial charge in [-0.2, -0.15) is 0 Å². The molecular formula is C82H110. The van der Waals surface area contributed by atoms with Gasteiger partial charge in [0.1, 0.15) is 0 Å². The van der Waals surface area contributed by atoms with Crippen molar-refractivity contribution in [3.63, 3.8) is 0 Å². The fraction of sp³-hybridized carbons (Fsp3) is 0.439. The zero-order valence-electron chi connectivity index (χ0n) is 56.1. The van der Waals surface area contributed by atoms with Gasteiger partial charge >= 0.3 is 0 Å². The Kier molecular flexibility index (Phi) is 21.8. The third kappa shape index (κ3) is 22.6. The van der Waals surface area contributed by atoms with E-state index in [0.29, 0.717) is 21.7 Å². The Bertz CT molecular complexity index is 3190. The van der Waals surface area contributed by atoms with Crippen molar-refractivity contribution in [3.05, 3.63) is 226 Å². The molecule has 0 bridgehead atoms. The highest BCUT2D eigenvalue weighted by molar-refractivity contribution is 5.84. The van der Waals surface area contributed by atoms with E-state index < -0.39 is 0 Å². The third-order valence-corrected chi connectivity index (χ3v) is 14.8. The van der Waals surface area contributed by atoms with E-state index in [0.717, 1.165) is 25.7 Å². The smallest absolute Gasteiger partial charge is 0.0132 e. The van der Waals surface area contributed by atoms with Crippen molar-refractivity contribution in [1.29, 1.82) is 0 Å². The fourth-order valence-electron chi connectivity index (χ4n) is 10.3. The Labute approximate surface area is 503 Å². The molecular weight excluding hydrogens is 985 g/mol. The van der Waals surface area contributed by atoms with E-state index in [-0.39, 0.29) is 21.7 Å². The van der Waals surface area contributed by atoms with Gasteiger partial charge in [-0.25, -0.2) is 0 Å². The highest BCUT2D eigenvalue weighted by Gasteiger charge is 2.19. The van der Waals surface area contributed by atoms with Gasteiger partial charge in [-0.3, -0.25) is 0 Å². The van der Waals surface area contributed by atoms with Crippen LogP contribution < -0.4 is 0 Å². The molecule has 82 heavy (non-hydrogen) atoms. The Balaban J connectivity index is 0.000000205. The number of hydrogen-bond donors (Lipinski definition) is 0. The molecule has 8 aromatic rings. The zero-order chi connectivity index (χ0) is 61.3. The van der Waals surface area contributed by atoms with E-state index in [1.54, 1.807) is 0 Å². The van der Waals surface area contributed by atoms with Gasteiger partial charge in [0, 0.05) is 0 Å². The van der Waals surface area contributed by atoms with Crippen LogP contribution in [0.2, 0.25) is 0 Å². The summed E-state index contributed by atoms with van der Waals surface area (Å²) in [6.45, 7) is 54.5. The quantitative estimate of drug-likeness (QED) is 0.149. The molecule has 0 aliphatic rings. The van der Waals surface area contributed by atoms with E-state index in [2.05, 4.69) is 348 Å². The molecule has 0 amide bonds. The van der Waals surface area contributed by atoms with E-state index in [1.807, 2.05) is 0 Å². The Hall–Kier alpha value is -5.98. The molecule has 0 aliphatic heterocycles. The lowest BCUT2D eigenvalue weighted by Crippen LogP contribution is -2.12. The van der Waals surface area contributed by atoms with E-state index >= 15 is 0 Å². The molecule has 0 nitrogen and oxygen atoms in total. The lowest BCUT2D eigenvalue weighted by Gasteiger charge is -2.21. The van der Waals surface area contributed by atoms with Crippen LogP contribution in [0.1, 0.15) is 211 Å². The number of hydrogen-bond acceptors (Lipinski definition) is 0. The average Bonchev–Trinajstić information content (AvgIpc) is 3.54. The van der Waals surface area contributed by atoms with Crippen LogP contribution in [-0.4, -0.2) is 0 Å². The SMILES string of the molecule is CC(C)(C)Cc1ccc(-c2ccc(-c3ccc(C(C)(C)C)cc3)cc2)cc1.CC(C)(C)Cc1ccc(-c2ccc(C(C)(C)C)cc2)cc1.CC(C)(C)Cc1ccc(C(C)(C)C)cc1.CC(C)(C)Cc1ccc2cc(C(C)(C)C)ccc2c1. The first kappa shape index (κ1) is 66.8. The molecule has 438 valence electrons. The van der Waals surface area contributed by atoms with Crippen LogP contribution in [0.25, 0.3) is 44.2 Å². The van der Waals surface area contributed by atoms with E-state index in [4.69, 9.17) is 0 Å². The number of benzene rings is 8. The summed E-state index contributed by atoms with van der Waals surface area (Å²) >= 11 is 0. The van der Waals surface area contributed by atoms with Crippen molar-refractivity contribution in [2.24, 2.45) is 21.7 Å². The van der Waals surface area contributed by atoms with Crippen LogP contribution in [-0.2, 0) is 47.3 Å². The summed E-state index contributed by atoms with van der Waals surface area (Å²) in [5.41, 5.74) is 21.3. The fourth-order valence-corrected chi connectivity index (χ4v) is 10.3. The van der Waals surface area contributed by atoms with Crippen LogP contribution in [0.5, 0.6) is 0 Å². The average molecular weight is 1100 g/mol. The molecule has 0 saturated carbocycles. The Morgan fingerprint density at radius 1 is 0.183 bits per heavy atom. The summed E-state index contributed by atoms with van der Waals surface area (Å²) in [6.07, 6.45) is 4.51. The lowest BCUT2D eigenvalue weighted by molar-refractivity contribution is 0.411. The molecule has 0 heteroatoms. The van der Waals surface area contributed by atoms with Gasteiger partial charge in [0.15, 0.2) is 0 Å². The van der Waals surface area contributed by atoms with Gasteiger partial charge in [0.2, 0.25) is 0 Å². The highest BCUT2D eigenvalue weighted by Crippen LogP contribution is 2.33. The summed E-state index contributed by atoms with van der Waals surface area (Å²) in [4.78, 5) is 0. The van der Waals surface area contributed by atoms with Gasteiger partial charge in [0.05, 0.1) is 0 Å². The second-order valence-corrected chi connectivity index (χ2v) is 32.7. The van der Waals surface area contributed by atoms with E-state index in [1.165, 1.54) is 88.7 Å². The lowest BCUT2D eigenvalue weighted by atomic mass is 9.84. The van der Waals surface area contributed by atoms with Gasteiger partial charge in [0.25, 0.3) is 0 Å². The van der Waals surface area contributed by atoms with Crippen molar-refractivity contribution in [3.8, 4) is 33.4 Å². The van der Waals surface area contributed by atoms with Crippen molar-refractivity contribution >= 4 is 10.8 Å². The maximum absolute atomic E-state index is 2.34. The zero-order valence-corrected chi connectivity index (χ0v) is 56.1.